The number of carbonyl (C=O) groups is 3. The molecule has 2 unspecified atom stereocenters. The van der Waals surface area contributed by atoms with Crippen LogP contribution >= 0.6 is 0 Å². The number of likely N-dealkylation sites (tertiary alicyclic amines) is 1. The third kappa shape index (κ3) is 5.30. The Morgan fingerprint density at radius 3 is 2.61 bits per heavy atom. The Bertz CT molecular complexity index is 989. The molecule has 8 nitrogen and oxygen atoms in total. The van der Waals surface area contributed by atoms with Crippen molar-refractivity contribution in [2.75, 3.05) is 20.2 Å². The first-order chi connectivity index (χ1) is 17.4. The minimum Gasteiger partial charge on any atom is -0.489 e. The summed E-state index contributed by atoms with van der Waals surface area (Å²) in [6.07, 6.45) is 9.51. The van der Waals surface area contributed by atoms with Gasteiger partial charge in [-0.1, -0.05) is 6.42 Å². The van der Waals surface area contributed by atoms with E-state index in [0.717, 1.165) is 49.6 Å². The van der Waals surface area contributed by atoms with Crippen molar-refractivity contribution < 1.29 is 23.9 Å². The number of nitrogens with zero attached hydrogens (tertiary/aromatic N) is 2. The molecule has 1 aromatic carbocycles. The van der Waals surface area contributed by atoms with E-state index < -0.39 is 6.04 Å². The van der Waals surface area contributed by atoms with E-state index >= 15 is 0 Å². The molecule has 0 aromatic heterocycles. The molecule has 0 radical (unpaired) electrons. The second-order valence-electron chi connectivity index (χ2n) is 11.0. The molecule has 0 bridgehead atoms. The third-order valence-electron chi connectivity index (χ3n) is 8.64. The maximum absolute atomic E-state index is 13.0. The van der Waals surface area contributed by atoms with E-state index in [4.69, 9.17) is 9.47 Å². The number of hydrogen-bond acceptors (Lipinski definition) is 6. The van der Waals surface area contributed by atoms with Crippen LogP contribution in [0.3, 0.4) is 0 Å². The van der Waals surface area contributed by atoms with Gasteiger partial charge < -0.3 is 14.4 Å². The smallest absolute Gasteiger partial charge is 0.255 e. The summed E-state index contributed by atoms with van der Waals surface area (Å²) in [6, 6.07) is 5.43. The SMILES string of the molecule is COC1CCC(CN2CCCCC2[C@H](C)Oc2ccc3c(c2)CN(C2CCC(=O)NC2=O)C3=O)CC1. The van der Waals surface area contributed by atoms with Crippen molar-refractivity contribution in [2.45, 2.75) is 95.5 Å². The van der Waals surface area contributed by atoms with Gasteiger partial charge in [0, 0.05) is 38.2 Å². The third-order valence-corrected chi connectivity index (χ3v) is 8.64. The first-order valence-electron chi connectivity index (χ1n) is 13.6. The molecule has 3 heterocycles. The first kappa shape index (κ1) is 25.2. The highest BCUT2D eigenvalue weighted by Gasteiger charge is 2.39. The Balaban J connectivity index is 1.21. The lowest BCUT2D eigenvalue weighted by molar-refractivity contribution is -0.136. The highest BCUT2D eigenvalue weighted by Crippen LogP contribution is 2.33. The molecular weight excluding hydrogens is 458 g/mol. The number of carbonyl (C=O) groups excluding carboxylic acids is 3. The van der Waals surface area contributed by atoms with Crippen molar-refractivity contribution in [3.63, 3.8) is 0 Å². The molecule has 2 saturated heterocycles. The van der Waals surface area contributed by atoms with E-state index in [-0.39, 0.29) is 30.2 Å². The molecule has 0 spiro atoms. The number of hydrogen-bond donors (Lipinski definition) is 1. The standard InChI is InChI=1S/C28H39N3O5/c1-18(24-5-3-4-14-30(24)16-19-6-8-21(35-2)9-7-19)36-22-10-11-23-20(15-22)17-31(28(23)34)25-12-13-26(32)29-27(25)33/h10-11,15,18-19,21,24-25H,3-9,12-14,16-17H2,1-2H3,(H,29,32,33)/t18-,19?,21?,24?,25?/m0/s1. The fourth-order valence-corrected chi connectivity index (χ4v) is 6.57. The number of nitrogens with one attached hydrogen (secondary N) is 1. The van der Waals surface area contributed by atoms with Gasteiger partial charge in [-0.05, 0) is 88.1 Å². The Morgan fingerprint density at radius 1 is 1.06 bits per heavy atom. The van der Waals surface area contributed by atoms with E-state index in [0.29, 0.717) is 30.7 Å². The summed E-state index contributed by atoms with van der Waals surface area (Å²) in [5.41, 5.74) is 1.50. The van der Waals surface area contributed by atoms with Crippen LogP contribution in [0.15, 0.2) is 18.2 Å². The monoisotopic (exact) mass is 497 g/mol. The zero-order valence-corrected chi connectivity index (χ0v) is 21.5. The van der Waals surface area contributed by atoms with Gasteiger partial charge in [-0.3, -0.25) is 24.6 Å². The zero-order valence-electron chi connectivity index (χ0n) is 21.5. The van der Waals surface area contributed by atoms with Crippen LogP contribution in [-0.2, 0) is 20.9 Å². The first-order valence-corrected chi connectivity index (χ1v) is 13.6. The molecule has 4 aliphatic rings. The van der Waals surface area contributed by atoms with Gasteiger partial charge >= 0.3 is 0 Å². The molecule has 3 fully saturated rings. The summed E-state index contributed by atoms with van der Waals surface area (Å²) in [7, 11) is 1.83. The van der Waals surface area contributed by atoms with Gasteiger partial charge in [0.05, 0.1) is 6.10 Å². The van der Waals surface area contributed by atoms with Crippen molar-refractivity contribution in [2.24, 2.45) is 5.92 Å². The molecule has 8 heteroatoms. The average molecular weight is 498 g/mol. The number of imide groups is 1. The normalized spacial score (nSPS) is 30.2. The Kier molecular flexibility index (Phi) is 7.62. The Labute approximate surface area is 213 Å². The van der Waals surface area contributed by atoms with Crippen LogP contribution in [0.1, 0.15) is 80.6 Å². The van der Waals surface area contributed by atoms with Gasteiger partial charge in [0.1, 0.15) is 17.9 Å². The largest absolute Gasteiger partial charge is 0.489 e. The van der Waals surface area contributed by atoms with Crippen molar-refractivity contribution in [1.82, 2.24) is 15.1 Å². The summed E-state index contributed by atoms with van der Waals surface area (Å²) in [5, 5.41) is 2.36. The lowest BCUT2D eigenvalue weighted by atomic mass is 9.85. The van der Waals surface area contributed by atoms with Crippen LogP contribution in [0.4, 0.5) is 0 Å². The fourth-order valence-electron chi connectivity index (χ4n) is 6.57. The maximum Gasteiger partial charge on any atom is 0.255 e. The highest BCUT2D eigenvalue weighted by molar-refractivity contribution is 6.05. The van der Waals surface area contributed by atoms with Crippen LogP contribution in [0.25, 0.3) is 0 Å². The van der Waals surface area contributed by atoms with Crippen molar-refractivity contribution in [3.05, 3.63) is 29.3 Å². The maximum atomic E-state index is 13.0. The van der Waals surface area contributed by atoms with E-state index in [1.807, 2.05) is 25.3 Å². The molecule has 3 aliphatic heterocycles. The lowest BCUT2D eigenvalue weighted by Crippen LogP contribution is -2.52. The molecule has 3 atom stereocenters. The molecule has 36 heavy (non-hydrogen) atoms. The average Bonchev–Trinajstić information content (AvgIpc) is 3.20. The minimum atomic E-state index is -0.597. The van der Waals surface area contributed by atoms with Gasteiger partial charge in [0.2, 0.25) is 11.8 Å². The van der Waals surface area contributed by atoms with Gasteiger partial charge in [0.25, 0.3) is 5.91 Å². The van der Waals surface area contributed by atoms with E-state index in [2.05, 4.69) is 17.1 Å². The fraction of sp³-hybridized carbons (Fsp3) is 0.679. The van der Waals surface area contributed by atoms with Crippen molar-refractivity contribution >= 4 is 17.7 Å². The zero-order chi connectivity index (χ0) is 25.2. The Morgan fingerprint density at radius 2 is 1.86 bits per heavy atom. The quantitative estimate of drug-likeness (QED) is 0.582. The predicted molar refractivity (Wildman–Crippen MR) is 135 cm³/mol. The summed E-state index contributed by atoms with van der Waals surface area (Å²) in [4.78, 5) is 41.0. The Hall–Kier alpha value is -2.45. The van der Waals surface area contributed by atoms with Crippen LogP contribution in [0.2, 0.25) is 0 Å². The number of methoxy groups -OCH3 is 1. The summed E-state index contributed by atoms with van der Waals surface area (Å²) >= 11 is 0. The van der Waals surface area contributed by atoms with E-state index in [1.165, 1.54) is 25.7 Å². The number of amides is 3. The number of benzene rings is 1. The topological polar surface area (TPSA) is 88.2 Å². The summed E-state index contributed by atoms with van der Waals surface area (Å²) < 4.78 is 12.0. The number of fused-ring (bicyclic) bond motifs is 1. The van der Waals surface area contributed by atoms with Gasteiger partial charge in [-0.15, -0.1) is 0 Å². The second-order valence-corrected chi connectivity index (χ2v) is 11.0. The predicted octanol–water partition coefficient (Wildman–Crippen LogP) is 3.27. The number of piperidine rings is 2. The van der Waals surface area contributed by atoms with Gasteiger partial charge in [0.15, 0.2) is 0 Å². The van der Waals surface area contributed by atoms with E-state index in [9.17, 15) is 14.4 Å². The number of rotatable bonds is 7. The second kappa shape index (κ2) is 10.9. The minimum absolute atomic E-state index is 0.0435. The van der Waals surface area contributed by atoms with Crippen molar-refractivity contribution in [1.29, 1.82) is 0 Å². The van der Waals surface area contributed by atoms with Gasteiger partial charge in [-0.2, -0.15) is 0 Å². The van der Waals surface area contributed by atoms with Gasteiger partial charge in [-0.25, -0.2) is 0 Å². The molecule has 1 aromatic rings. The molecule has 196 valence electrons. The summed E-state index contributed by atoms with van der Waals surface area (Å²) in [5.74, 6) is 0.689. The summed E-state index contributed by atoms with van der Waals surface area (Å²) in [6.45, 7) is 4.79. The molecule has 1 saturated carbocycles. The number of ether oxygens (including phenoxy) is 2. The van der Waals surface area contributed by atoms with Crippen LogP contribution < -0.4 is 10.1 Å². The molecule has 3 amide bonds. The molecular formula is C28H39N3O5. The van der Waals surface area contributed by atoms with E-state index in [1.54, 1.807) is 4.90 Å². The molecule has 1 aliphatic carbocycles. The van der Waals surface area contributed by atoms with Crippen molar-refractivity contribution in [3.8, 4) is 5.75 Å². The highest BCUT2D eigenvalue weighted by atomic mass is 16.5. The van der Waals surface area contributed by atoms with Crippen LogP contribution in [-0.4, -0.2) is 72.0 Å². The van der Waals surface area contributed by atoms with Crippen LogP contribution in [0.5, 0.6) is 5.75 Å². The lowest BCUT2D eigenvalue weighted by Gasteiger charge is -2.41. The molecule has 5 rings (SSSR count). The molecule has 1 N–H and O–H groups in total. The van der Waals surface area contributed by atoms with Crippen LogP contribution in [0, 0.1) is 5.92 Å².